The molecule has 2 aromatic rings. The molecule has 0 amide bonds. The van der Waals surface area contributed by atoms with E-state index in [1.165, 1.54) is 16.8 Å². The average Bonchev–Trinajstić information content (AvgIpc) is 2.83. The number of hydrogen-bond donors (Lipinski definition) is 1. The fourth-order valence-electron chi connectivity index (χ4n) is 2.36. The van der Waals surface area contributed by atoms with Gasteiger partial charge in [0.1, 0.15) is 0 Å². The van der Waals surface area contributed by atoms with Gasteiger partial charge >= 0.3 is 0 Å². The van der Waals surface area contributed by atoms with Crippen LogP contribution < -0.4 is 5.32 Å². The molecular weight excluding hydrogens is 248 g/mol. The number of aromatic nitrogens is 3. The van der Waals surface area contributed by atoms with Crippen LogP contribution in [-0.4, -0.2) is 21.3 Å². The third kappa shape index (κ3) is 3.25. The van der Waals surface area contributed by atoms with Gasteiger partial charge in [0.25, 0.3) is 0 Å². The molecule has 0 fully saturated rings. The van der Waals surface area contributed by atoms with Crippen LogP contribution in [0, 0.1) is 6.92 Å². The Hall–Kier alpha value is -1.68. The van der Waals surface area contributed by atoms with Crippen molar-refractivity contribution in [3.63, 3.8) is 0 Å². The SMILES string of the molecule is CCCNCc1cnn(-c2cc(C)ccn2)c1C(C)C. The molecule has 4 nitrogen and oxygen atoms in total. The van der Waals surface area contributed by atoms with Gasteiger partial charge in [-0.1, -0.05) is 20.8 Å². The number of nitrogens with zero attached hydrogens (tertiary/aromatic N) is 3. The van der Waals surface area contributed by atoms with E-state index in [4.69, 9.17) is 0 Å². The van der Waals surface area contributed by atoms with E-state index in [1.807, 2.05) is 23.1 Å². The molecule has 2 heterocycles. The highest BCUT2D eigenvalue weighted by Crippen LogP contribution is 2.22. The first kappa shape index (κ1) is 14.7. The maximum absolute atomic E-state index is 4.54. The van der Waals surface area contributed by atoms with Crippen molar-refractivity contribution in [2.45, 2.75) is 46.6 Å². The Balaban J connectivity index is 2.34. The lowest BCUT2D eigenvalue weighted by Gasteiger charge is -2.13. The summed E-state index contributed by atoms with van der Waals surface area (Å²) in [7, 11) is 0. The van der Waals surface area contributed by atoms with Crippen molar-refractivity contribution in [1.29, 1.82) is 0 Å². The van der Waals surface area contributed by atoms with Crippen molar-refractivity contribution in [3.05, 3.63) is 41.3 Å². The lowest BCUT2D eigenvalue weighted by molar-refractivity contribution is 0.656. The summed E-state index contributed by atoms with van der Waals surface area (Å²) in [4.78, 5) is 4.44. The minimum atomic E-state index is 0.415. The standard InChI is InChI=1S/C16H24N4/c1-5-7-17-10-14-11-19-20(16(14)12(2)3)15-9-13(4)6-8-18-15/h6,8-9,11-12,17H,5,7,10H2,1-4H3. The molecule has 2 rings (SSSR count). The average molecular weight is 272 g/mol. The molecule has 0 atom stereocenters. The molecule has 0 saturated carbocycles. The first-order valence-corrected chi connectivity index (χ1v) is 7.34. The van der Waals surface area contributed by atoms with E-state index >= 15 is 0 Å². The maximum atomic E-state index is 4.54. The van der Waals surface area contributed by atoms with Crippen molar-refractivity contribution in [2.24, 2.45) is 0 Å². The molecule has 108 valence electrons. The molecule has 2 aromatic heterocycles. The second-order valence-electron chi connectivity index (χ2n) is 5.49. The molecule has 0 aliphatic rings. The molecule has 0 bridgehead atoms. The summed E-state index contributed by atoms with van der Waals surface area (Å²) >= 11 is 0. The van der Waals surface area contributed by atoms with E-state index in [9.17, 15) is 0 Å². The van der Waals surface area contributed by atoms with Crippen LogP contribution in [0.5, 0.6) is 0 Å². The third-order valence-corrected chi connectivity index (χ3v) is 3.29. The monoisotopic (exact) mass is 272 g/mol. The van der Waals surface area contributed by atoms with Crippen molar-refractivity contribution < 1.29 is 0 Å². The van der Waals surface area contributed by atoms with Crippen LogP contribution in [0.1, 0.15) is 49.9 Å². The Morgan fingerprint density at radius 1 is 1.35 bits per heavy atom. The van der Waals surface area contributed by atoms with Gasteiger partial charge < -0.3 is 5.32 Å². The maximum Gasteiger partial charge on any atom is 0.153 e. The van der Waals surface area contributed by atoms with Gasteiger partial charge in [-0.3, -0.25) is 0 Å². The molecule has 0 aliphatic heterocycles. The van der Waals surface area contributed by atoms with Crippen molar-refractivity contribution in [2.75, 3.05) is 6.54 Å². The van der Waals surface area contributed by atoms with Gasteiger partial charge in [-0.25, -0.2) is 9.67 Å². The van der Waals surface area contributed by atoms with Crippen LogP contribution in [0.25, 0.3) is 5.82 Å². The first-order valence-electron chi connectivity index (χ1n) is 7.34. The van der Waals surface area contributed by atoms with Crippen molar-refractivity contribution in [1.82, 2.24) is 20.1 Å². The topological polar surface area (TPSA) is 42.7 Å². The van der Waals surface area contributed by atoms with E-state index < -0.39 is 0 Å². The van der Waals surface area contributed by atoms with E-state index in [0.717, 1.165) is 25.3 Å². The van der Waals surface area contributed by atoms with Crippen LogP contribution in [0.4, 0.5) is 0 Å². The zero-order chi connectivity index (χ0) is 14.5. The van der Waals surface area contributed by atoms with Crippen LogP contribution >= 0.6 is 0 Å². The Bertz CT molecular complexity index is 557. The lowest BCUT2D eigenvalue weighted by atomic mass is 10.1. The molecule has 0 unspecified atom stereocenters. The number of pyridine rings is 1. The molecule has 0 spiro atoms. The van der Waals surface area contributed by atoms with E-state index in [1.54, 1.807) is 0 Å². The summed E-state index contributed by atoms with van der Waals surface area (Å²) in [5, 5.41) is 7.99. The van der Waals surface area contributed by atoms with E-state index in [-0.39, 0.29) is 0 Å². The van der Waals surface area contributed by atoms with Gasteiger partial charge in [0.2, 0.25) is 0 Å². The predicted octanol–water partition coefficient (Wildman–Crippen LogP) is 3.20. The molecular formula is C16H24N4. The van der Waals surface area contributed by atoms with Crippen molar-refractivity contribution in [3.8, 4) is 5.82 Å². The molecule has 0 radical (unpaired) electrons. The Kier molecular flexibility index (Phi) is 4.90. The molecule has 1 N–H and O–H groups in total. The van der Waals surface area contributed by atoms with Gasteiger partial charge in [0.15, 0.2) is 5.82 Å². The van der Waals surface area contributed by atoms with Gasteiger partial charge in [-0.15, -0.1) is 0 Å². The van der Waals surface area contributed by atoms with Crippen LogP contribution in [0.3, 0.4) is 0 Å². The second-order valence-corrected chi connectivity index (χ2v) is 5.49. The van der Waals surface area contributed by atoms with Gasteiger partial charge in [0, 0.05) is 18.3 Å². The number of nitrogens with one attached hydrogen (secondary N) is 1. The van der Waals surface area contributed by atoms with Crippen LogP contribution in [0.2, 0.25) is 0 Å². The van der Waals surface area contributed by atoms with E-state index in [0.29, 0.717) is 5.92 Å². The molecule has 0 aliphatic carbocycles. The number of aryl methyl sites for hydroxylation is 1. The number of rotatable bonds is 6. The summed E-state index contributed by atoms with van der Waals surface area (Å²) < 4.78 is 1.97. The summed E-state index contributed by atoms with van der Waals surface area (Å²) in [6, 6.07) is 4.08. The summed E-state index contributed by atoms with van der Waals surface area (Å²) in [6.45, 7) is 10.6. The highest BCUT2D eigenvalue weighted by atomic mass is 15.3. The summed E-state index contributed by atoms with van der Waals surface area (Å²) in [6.07, 6.45) is 4.94. The highest BCUT2D eigenvalue weighted by molar-refractivity contribution is 5.33. The fraction of sp³-hybridized carbons (Fsp3) is 0.500. The van der Waals surface area contributed by atoms with Gasteiger partial charge in [-0.2, -0.15) is 5.10 Å². The highest BCUT2D eigenvalue weighted by Gasteiger charge is 2.15. The Labute approximate surface area is 121 Å². The van der Waals surface area contributed by atoms with Crippen LogP contribution in [0.15, 0.2) is 24.5 Å². The Morgan fingerprint density at radius 2 is 2.15 bits per heavy atom. The fourth-order valence-corrected chi connectivity index (χ4v) is 2.36. The summed E-state index contributed by atoms with van der Waals surface area (Å²) in [5.41, 5.74) is 3.70. The molecule has 4 heteroatoms. The lowest BCUT2D eigenvalue weighted by Crippen LogP contribution is -2.16. The third-order valence-electron chi connectivity index (χ3n) is 3.29. The largest absolute Gasteiger partial charge is 0.313 e. The minimum absolute atomic E-state index is 0.415. The zero-order valence-corrected chi connectivity index (χ0v) is 12.8. The molecule has 0 saturated heterocycles. The van der Waals surface area contributed by atoms with Crippen molar-refractivity contribution >= 4 is 0 Å². The van der Waals surface area contributed by atoms with E-state index in [2.05, 4.69) is 49.2 Å². The first-order chi connectivity index (χ1) is 9.63. The second kappa shape index (κ2) is 6.66. The Morgan fingerprint density at radius 3 is 2.80 bits per heavy atom. The summed E-state index contributed by atoms with van der Waals surface area (Å²) in [5.74, 6) is 1.31. The van der Waals surface area contributed by atoms with Gasteiger partial charge in [-0.05, 0) is 43.5 Å². The quantitative estimate of drug-likeness (QED) is 0.821. The molecule has 20 heavy (non-hydrogen) atoms. The predicted molar refractivity (Wildman–Crippen MR) is 82.2 cm³/mol. The zero-order valence-electron chi connectivity index (χ0n) is 12.8. The molecule has 0 aromatic carbocycles. The number of hydrogen-bond acceptors (Lipinski definition) is 3. The smallest absolute Gasteiger partial charge is 0.153 e. The van der Waals surface area contributed by atoms with Crippen LogP contribution in [-0.2, 0) is 6.54 Å². The minimum Gasteiger partial charge on any atom is -0.313 e. The van der Waals surface area contributed by atoms with Gasteiger partial charge in [0.05, 0.1) is 11.9 Å². The normalized spacial score (nSPS) is 11.2.